The van der Waals surface area contributed by atoms with Crippen molar-refractivity contribution >= 4 is 15.6 Å². The van der Waals surface area contributed by atoms with Crippen LogP contribution >= 0.6 is 15.6 Å². The van der Waals surface area contributed by atoms with Crippen molar-refractivity contribution in [2.75, 3.05) is 13.2 Å². The van der Waals surface area contributed by atoms with E-state index in [4.69, 9.17) is 22.8 Å². The van der Waals surface area contributed by atoms with Crippen LogP contribution in [0.5, 0.6) is 0 Å². The van der Waals surface area contributed by atoms with E-state index < -0.39 is 101 Å². The Balaban J connectivity index is 1.58. The first kappa shape index (κ1) is 30.4. The number of fused-ring (bicyclic) bond motifs is 1. The second-order valence-electron chi connectivity index (χ2n) is 8.56. The molecule has 2 aromatic heterocycles. The van der Waals surface area contributed by atoms with Crippen molar-refractivity contribution in [2.45, 2.75) is 49.4 Å². The van der Waals surface area contributed by atoms with Gasteiger partial charge in [0.15, 0.2) is 12.5 Å². The van der Waals surface area contributed by atoms with E-state index >= 15 is 0 Å². The number of nitrogens with zero attached hydrogens (tertiary/aromatic N) is 2. The monoisotopic (exact) mass is 614 g/mol. The van der Waals surface area contributed by atoms with Gasteiger partial charge in [0.05, 0.1) is 13.2 Å². The number of aromatic nitrogens is 4. The SMILES string of the molecule is O=c1ccn([C@H](O)[C@H](O)[C@H]2CCOP(=O)(O)O[C@H]3[C@@H](O)[C@H](n4ccc(=O)[nH]c4=O)O[C@@H]3COP(=O)(O)O2)c(=O)[nH]1. The van der Waals surface area contributed by atoms with Crippen LogP contribution in [0.2, 0.25) is 0 Å². The van der Waals surface area contributed by atoms with Crippen molar-refractivity contribution in [3.63, 3.8) is 0 Å². The van der Waals surface area contributed by atoms with E-state index in [9.17, 15) is 53.4 Å². The van der Waals surface area contributed by atoms with E-state index in [1.807, 2.05) is 9.97 Å². The van der Waals surface area contributed by atoms with Gasteiger partial charge in [-0.05, 0) is 0 Å². The summed E-state index contributed by atoms with van der Waals surface area (Å²) in [6.45, 7) is -1.76. The van der Waals surface area contributed by atoms with Gasteiger partial charge in [-0.2, -0.15) is 0 Å². The number of aliphatic hydroxyl groups is 3. The lowest BCUT2D eigenvalue weighted by Gasteiger charge is -2.30. The molecule has 0 aromatic carbocycles. The third kappa shape index (κ3) is 6.82. The van der Waals surface area contributed by atoms with Gasteiger partial charge in [-0.3, -0.25) is 46.8 Å². The first-order valence-electron chi connectivity index (χ1n) is 11.3. The molecule has 4 rings (SSSR count). The second kappa shape index (κ2) is 11.7. The minimum absolute atomic E-state index is 0.479. The molecular formula is C18H24N4O16P2. The largest absolute Gasteiger partial charge is 0.472 e. The van der Waals surface area contributed by atoms with Crippen molar-refractivity contribution in [3.8, 4) is 0 Å². The number of rotatable bonds is 4. The van der Waals surface area contributed by atoms with Crippen LogP contribution in [-0.2, 0) is 32.0 Å². The highest BCUT2D eigenvalue weighted by Crippen LogP contribution is 2.51. The number of H-pyrrole nitrogens is 2. The molecule has 20 nitrogen and oxygen atoms in total. The number of nitrogens with one attached hydrogen (secondary N) is 2. The Morgan fingerprint density at radius 1 is 0.925 bits per heavy atom. The van der Waals surface area contributed by atoms with E-state index in [-0.39, 0.29) is 0 Å². The van der Waals surface area contributed by atoms with E-state index in [1.165, 1.54) is 0 Å². The molecule has 2 unspecified atom stereocenters. The summed E-state index contributed by atoms with van der Waals surface area (Å²) in [5, 5.41) is 31.7. The summed E-state index contributed by atoms with van der Waals surface area (Å²) in [7, 11) is -10.2. The number of phosphoric acid groups is 2. The predicted octanol–water partition coefficient (Wildman–Crippen LogP) is -3.39. The molecule has 0 radical (unpaired) electrons. The third-order valence-electron chi connectivity index (χ3n) is 5.84. The van der Waals surface area contributed by atoms with E-state index in [0.29, 0.717) is 4.57 Å². The predicted molar refractivity (Wildman–Crippen MR) is 126 cm³/mol. The van der Waals surface area contributed by atoms with Gasteiger partial charge in [0.1, 0.15) is 30.5 Å². The maximum absolute atomic E-state index is 12.7. The van der Waals surface area contributed by atoms with Crippen LogP contribution in [0.3, 0.4) is 0 Å². The van der Waals surface area contributed by atoms with Crippen molar-refractivity contribution in [1.82, 2.24) is 19.1 Å². The molecule has 4 heterocycles. The molecule has 2 aromatic rings. The highest BCUT2D eigenvalue weighted by Gasteiger charge is 2.50. The first-order chi connectivity index (χ1) is 18.7. The summed E-state index contributed by atoms with van der Waals surface area (Å²) in [6.07, 6.45) is -11.9. The van der Waals surface area contributed by atoms with Gasteiger partial charge in [-0.25, -0.2) is 18.7 Å². The Morgan fingerprint density at radius 3 is 2.20 bits per heavy atom. The molecule has 0 spiro atoms. The maximum atomic E-state index is 12.7. The van der Waals surface area contributed by atoms with Crippen molar-refractivity contribution in [2.24, 2.45) is 0 Å². The zero-order valence-corrected chi connectivity index (χ0v) is 21.8. The van der Waals surface area contributed by atoms with E-state index in [1.54, 1.807) is 0 Å². The number of hydrogen-bond acceptors (Lipinski definition) is 14. The normalized spacial score (nSPS) is 35.2. The fourth-order valence-corrected chi connectivity index (χ4v) is 5.89. The topological polar surface area (TPSA) is 291 Å². The molecule has 2 aliphatic rings. The van der Waals surface area contributed by atoms with Crippen molar-refractivity contribution in [3.05, 3.63) is 66.2 Å². The lowest BCUT2D eigenvalue weighted by Crippen LogP contribution is -2.42. The zero-order valence-electron chi connectivity index (χ0n) is 20.0. The number of aromatic amines is 2. The molecular weight excluding hydrogens is 590 g/mol. The van der Waals surface area contributed by atoms with Gasteiger partial charge < -0.3 is 29.8 Å². The Hall–Kier alpha value is -2.58. The van der Waals surface area contributed by atoms with Crippen molar-refractivity contribution < 1.29 is 57.1 Å². The number of hydrogen-bond donors (Lipinski definition) is 7. The number of ether oxygens (including phenoxy) is 1. The minimum Gasteiger partial charge on any atom is -0.386 e. The molecule has 0 aliphatic carbocycles. The fraction of sp³-hybridized carbons (Fsp3) is 0.556. The summed E-state index contributed by atoms with van der Waals surface area (Å²) >= 11 is 0. The van der Waals surface area contributed by atoms with Gasteiger partial charge in [0.25, 0.3) is 11.1 Å². The van der Waals surface area contributed by atoms with Crippen LogP contribution in [0.15, 0.2) is 43.7 Å². The van der Waals surface area contributed by atoms with Crippen LogP contribution in [0.4, 0.5) is 0 Å². The summed E-state index contributed by atoms with van der Waals surface area (Å²) < 4.78 is 51.6. The highest BCUT2D eigenvalue weighted by molar-refractivity contribution is 7.47. The quantitative estimate of drug-likeness (QED) is 0.165. The lowest BCUT2D eigenvalue weighted by atomic mass is 10.1. The van der Waals surface area contributed by atoms with Gasteiger partial charge in [-0.1, -0.05) is 0 Å². The van der Waals surface area contributed by atoms with Crippen LogP contribution in [0.1, 0.15) is 18.9 Å². The Morgan fingerprint density at radius 2 is 1.55 bits per heavy atom. The second-order valence-corrected chi connectivity index (χ2v) is 11.4. The Labute approximate surface area is 221 Å². The zero-order chi connectivity index (χ0) is 29.4. The number of aliphatic hydroxyl groups excluding tert-OH is 3. The standard InChI is InChI=1S/C18H24N4O16P2/c23-10-1-4-21(17(28)19-10)15(27)12(25)8-3-6-34-39(30,31)38-14-9(7-35-40(32,33)37-8)36-16(13(14)26)22-5-2-11(24)20-18(22)29/h1-2,4-5,8-9,12-16,25-27H,3,6-7H2,(H,30,31)(H,32,33)(H,19,23,28)(H,20,24,29)/t8-,9-,12-,13-,14-,15-,16-/m1/s1. The molecule has 2 fully saturated rings. The summed E-state index contributed by atoms with van der Waals surface area (Å²) in [5.74, 6) is 0. The third-order valence-corrected chi connectivity index (χ3v) is 7.87. The highest BCUT2D eigenvalue weighted by atomic mass is 31.2. The Bertz CT molecular complexity index is 1550. The molecule has 2 aliphatic heterocycles. The van der Waals surface area contributed by atoms with Gasteiger partial charge in [0, 0.05) is 30.9 Å². The van der Waals surface area contributed by atoms with Gasteiger partial charge in [-0.15, -0.1) is 0 Å². The van der Waals surface area contributed by atoms with Crippen molar-refractivity contribution in [1.29, 1.82) is 0 Å². The molecule has 0 bridgehead atoms. The van der Waals surface area contributed by atoms with Crippen LogP contribution in [-0.4, -0.2) is 87.9 Å². The van der Waals surface area contributed by atoms with E-state index in [0.717, 1.165) is 29.1 Å². The van der Waals surface area contributed by atoms with Gasteiger partial charge >= 0.3 is 27.0 Å². The molecule has 2 saturated heterocycles. The maximum Gasteiger partial charge on any atom is 0.472 e. The fourth-order valence-electron chi connectivity index (χ4n) is 3.96. The van der Waals surface area contributed by atoms with E-state index in [2.05, 4.69) is 0 Å². The molecule has 9 atom stereocenters. The molecule has 0 amide bonds. The van der Waals surface area contributed by atoms with Crippen LogP contribution in [0, 0.1) is 0 Å². The summed E-state index contributed by atoms with van der Waals surface area (Å²) in [5.41, 5.74) is -3.74. The summed E-state index contributed by atoms with van der Waals surface area (Å²) in [4.78, 5) is 71.0. The summed E-state index contributed by atoms with van der Waals surface area (Å²) in [6, 6.07) is 1.78. The first-order valence-corrected chi connectivity index (χ1v) is 14.3. The molecule has 40 heavy (non-hydrogen) atoms. The molecule has 0 saturated carbocycles. The molecule has 7 N–H and O–H groups in total. The number of phosphoric ester groups is 2. The Kier molecular flexibility index (Phi) is 8.91. The molecule has 22 heteroatoms. The van der Waals surface area contributed by atoms with Gasteiger partial charge in [0.2, 0.25) is 0 Å². The average Bonchev–Trinajstić information content (AvgIpc) is 3.15. The lowest BCUT2D eigenvalue weighted by molar-refractivity contribution is -0.101. The minimum atomic E-state index is -5.14. The van der Waals surface area contributed by atoms with Crippen LogP contribution < -0.4 is 22.5 Å². The van der Waals surface area contributed by atoms with Crippen LogP contribution in [0.25, 0.3) is 0 Å². The molecule has 222 valence electrons. The smallest absolute Gasteiger partial charge is 0.386 e. The average molecular weight is 614 g/mol.